The summed E-state index contributed by atoms with van der Waals surface area (Å²) in [6.45, 7) is 11.9. The molecule has 0 aliphatic heterocycles. The van der Waals surface area contributed by atoms with Crippen LogP contribution in [-0.2, 0) is 17.7 Å². The van der Waals surface area contributed by atoms with Crippen molar-refractivity contribution in [2.45, 2.75) is 65.6 Å². The summed E-state index contributed by atoms with van der Waals surface area (Å²) in [6, 6.07) is 2.11. The van der Waals surface area contributed by atoms with Gasteiger partial charge in [0.25, 0.3) is 0 Å². The lowest BCUT2D eigenvalue weighted by Crippen LogP contribution is -2.49. The predicted octanol–water partition coefficient (Wildman–Crippen LogP) is 2.29. The summed E-state index contributed by atoms with van der Waals surface area (Å²) in [7, 11) is 0. The van der Waals surface area contributed by atoms with Gasteiger partial charge in [-0.2, -0.15) is 5.10 Å². The van der Waals surface area contributed by atoms with Crippen molar-refractivity contribution in [3.05, 3.63) is 17.5 Å². The van der Waals surface area contributed by atoms with Crippen LogP contribution in [-0.4, -0.2) is 28.0 Å². The second-order valence-electron chi connectivity index (χ2n) is 5.00. The summed E-state index contributed by atoms with van der Waals surface area (Å²) in [6.07, 6.45) is 1.72. The summed E-state index contributed by atoms with van der Waals surface area (Å²) >= 11 is 0. The molecule has 0 aliphatic rings. The molecule has 18 heavy (non-hydrogen) atoms. The number of aryl methyl sites for hydroxylation is 2. The van der Waals surface area contributed by atoms with Crippen LogP contribution in [0, 0.1) is 6.92 Å². The van der Waals surface area contributed by atoms with Crippen LogP contribution in [0.2, 0.25) is 0 Å². The molecule has 2 N–H and O–H groups in total. The summed E-state index contributed by atoms with van der Waals surface area (Å²) in [5.41, 5.74) is 8.33. The Balaban J connectivity index is 2.82. The number of hydrogen-bond donors (Lipinski definition) is 1. The van der Waals surface area contributed by atoms with Crippen molar-refractivity contribution in [2.24, 2.45) is 5.73 Å². The first-order valence-corrected chi connectivity index (χ1v) is 6.89. The molecular weight excluding hydrogens is 226 g/mol. The van der Waals surface area contributed by atoms with Crippen LogP contribution in [0.5, 0.6) is 0 Å². The summed E-state index contributed by atoms with van der Waals surface area (Å²) in [4.78, 5) is 0. The lowest BCUT2D eigenvalue weighted by Gasteiger charge is -2.34. The summed E-state index contributed by atoms with van der Waals surface area (Å²) in [5, 5.41) is 4.46. The molecule has 2 unspecified atom stereocenters. The Bertz CT molecular complexity index is 375. The summed E-state index contributed by atoms with van der Waals surface area (Å²) < 4.78 is 7.86. The van der Waals surface area contributed by atoms with Crippen LogP contribution in [0.15, 0.2) is 6.07 Å². The first kappa shape index (κ1) is 15.2. The van der Waals surface area contributed by atoms with E-state index in [1.54, 1.807) is 0 Å². The van der Waals surface area contributed by atoms with Crippen molar-refractivity contribution < 1.29 is 4.74 Å². The van der Waals surface area contributed by atoms with E-state index in [1.807, 2.05) is 18.5 Å². The monoisotopic (exact) mass is 253 g/mol. The highest BCUT2D eigenvalue weighted by molar-refractivity contribution is 5.11. The molecule has 1 aromatic heterocycles. The average molecular weight is 253 g/mol. The smallest absolute Gasteiger partial charge is 0.0805 e. The molecule has 0 fully saturated rings. The van der Waals surface area contributed by atoms with Gasteiger partial charge in [0.2, 0.25) is 0 Å². The van der Waals surface area contributed by atoms with Gasteiger partial charge in [-0.1, -0.05) is 6.92 Å². The van der Waals surface area contributed by atoms with E-state index in [4.69, 9.17) is 10.5 Å². The lowest BCUT2D eigenvalue weighted by atomic mass is 9.90. The van der Waals surface area contributed by atoms with Gasteiger partial charge < -0.3 is 10.5 Å². The van der Waals surface area contributed by atoms with E-state index in [9.17, 15) is 0 Å². The zero-order chi connectivity index (χ0) is 13.8. The Morgan fingerprint density at radius 2 is 2.11 bits per heavy atom. The van der Waals surface area contributed by atoms with Crippen LogP contribution in [0.3, 0.4) is 0 Å². The number of hydrogen-bond acceptors (Lipinski definition) is 3. The fourth-order valence-electron chi connectivity index (χ4n) is 2.28. The van der Waals surface area contributed by atoms with E-state index in [0.717, 1.165) is 25.1 Å². The topological polar surface area (TPSA) is 53.1 Å². The van der Waals surface area contributed by atoms with Gasteiger partial charge in [-0.15, -0.1) is 0 Å². The van der Waals surface area contributed by atoms with E-state index in [-0.39, 0.29) is 11.6 Å². The number of nitrogens with two attached hydrogens (primary N) is 1. The van der Waals surface area contributed by atoms with Crippen LogP contribution in [0.25, 0.3) is 0 Å². The number of aromatic nitrogens is 2. The maximum Gasteiger partial charge on any atom is 0.0805 e. The fraction of sp³-hybridized carbons (Fsp3) is 0.786. The van der Waals surface area contributed by atoms with Crippen LogP contribution in [0.4, 0.5) is 0 Å². The Labute approximate surface area is 111 Å². The minimum Gasteiger partial charge on any atom is -0.374 e. The van der Waals surface area contributed by atoms with Gasteiger partial charge in [0.05, 0.1) is 11.3 Å². The molecule has 1 heterocycles. The fourth-order valence-corrected chi connectivity index (χ4v) is 2.28. The van der Waals surface area contributed by atoms with Crippen LogP contribution < -0.4 is 5.73 Å². The van der Waals surface area contributed by atoms with Crippen molar-refractivity contribution >= 4 is 0 Å². The number of nitrogens with zero attached hydrogens (tertiary/aromatic N) is 2. The molecular formula is C14H27N3O. The normalized spacial score (nSPS) is 16.6. The van der Waals surface area contributed by atoms with Crippen LogP contribution in [0.1, 0.15) is 45.5 Å². The Kier molecular flexibility index (Phi) is 5.35. The van der Waals surface area contributed by atoms with Gasteiger partial charge in [0.1, 0.15) is 0 Å². The lowest BCUT2D eigenvalue weighted by molar-refractivity contribution is -0.0464. The van der Waals surface area contributed by atoms with Gasteiger partial charge in [0.15, 0.2) is 0 Å². The molecule has 4 nitrogen and oxygen atoms in total. The minimum atomic E-state index is -0.258. The van der Waals surface area contributed by atoms with Crippen molar-refractivity contribution in [1.29, 1.82) is 0 Å². The molecule has 0 bridgehead atoms. The third-order valence-electron chi connectivity index (χ3n) is 3.67. The SMILES string of the molecule is CCOC(C)(CC)C(N)Cc1cc(C)nn1CC. The highest BCUT2D eigenvalue weighted by Gasteiger charge is 2.31. The number of ether oxygens (including phenoxy) is 1. The van der Waals surface area contributed by atoms with Crippen molar-refractivity contribution in [3.8, 4) is 0 Å². The molecule has 0 radical (unpaired) electrons. The third kappa shape index (κ3) is 3.33. The highest BCUT2D eigenvalue weighted by atomic mass is 16.5. The standard InChI is InChI=1S/C14H27N3O/c1-6-14(5,18-8-3)13(15)10-12-9-11(4)16-17(12)7-2/h9,13H,6-8,10,15H2,1-5H3. The molecule has 0 amide bonds. The molecule has 1 aromatic rings. The molecule has 4 heteroatoms. The Morgan fingerprint density at radius 3 is 2.61 bits per heavy atom. The van der Waals surface area contributed by atoms with E-state index >= 15 is 0 Å². The van der Waals surface area contributed by atoms with Gasteiger partial charge in [-0.3, -0.25) is 4.68 Å². The second kappa shape index (κ2) is 6.34. The van der Waals surface area contributed by atoms with Gasteiger partial charge in [-0.25, -0.2) is 0 Å². The quantitative estimate of drug-likeness (QED) is 0.811. The maximum absolute atomic E-state index is 6.35. The molecule has 104 valence electrons. The minimum absolute atomic E-state index is 0.0103. The van der Waals surface area contributed by atoms with Crippen molar-refractivity contribution in [2.75, 3.05) is 6.61 Å². The summed E-state index contributed by atoms with van der Waals surface area (Å²) in [5.74, 6) is 0. The van der Waals surface area contributed by atoms with E-state index in [1.165, 1.54) is 5.69 Å². The molecule has 0 aromatic carbocycles. The highest BCUT2D eigenvalue weighted by Crippen LogP contribution is 2.22. The van der Waals surface area contributed by atoms with E-state index < -0.39 is 0 Å². The molecule has 0 spiro atoms. The van der Waals surface area contributed by atoms with Gasteiger partial charge in [-0.05, 0) is 40.2 Å². The third-order valence-corrected chi connectivity index (χ3v) is 3.67. The molecule has 0 aliphatic carbocycles. The van der Waals surface area contributed by atoms with Crippen LogP contribution >= 0.6 is 0 Å². The first-order valence-electron chi connectivity index (χ1n) is 6.89. The molecule has 0 saturated carbocycles. The zero-order valence-electron chi connectivity index (χ0n) is 12.4. The largest absolute Gasteiger partial charge is 0.374 e. The second-order valence-corrected chi connectivity index (χ2v) is 5.00. The molecule has 1 rings (SSSR count). The maximum atomic E-state index is 6.35. The van der Waals surface area contributed by atoms with Crippen molar-refractivity contribution in [3.63, 3.8) is 0 Å². The van der Waals surface area contributed by atoms with E-state index in [2.05, 4.69) is 31.9 Å². The number of rotatable bonds is 7. The van der Waals surface area contributed by atoms with E-state index in [0.29, 0.717) is 6.61 Å². The van der Waals surface area contributed by atoms with Gasteiger partial charge in [0, 0.05) is 31.3 Å². The predicted molar refractivity (Wildman–Crippen MR) is 74.6 cm³/mol. The van der Waals surface area contributed by atoms with Gasteiger partial charge >= 0.3 is 0 Å². The first-order chi connectivity index (χ1) is 8.46. The van der Waals surface area contributed by atoms with Crippen molar-refractivity contribution in [1.82, 2.24) is 9.78 Å². The average Bonchev–Trinajstić information content (AvgIpc) is 2.69. The Hall–Kier alpha value is -0.870. The Morgan fingerprint density at radius 1 is 1.44 bits per heavy atom. The zero-order valence-corrected chi connectivity index (χ0v) is 12.4. The molecule has 0 saturated heterocycles. The molecule has 2 atom stereocenters.